The lowest BCUT2D eigenvalue weighted by Crippen LogP contribution is -2.53. The Morgan fingerprint density at radius 2 is 2.24 bits per heavy atom. The highest BCUT2D eigenvalue weighted by molar-refractivity contribution is 5.79. The smallest absolute Gasteiger partial charge is 0.237 e. The van der Waals surface area contributed by atoms with E-state index in [0.717, 1.165) is 37.9 Å². The van der Waals surface area contributed by atoms with E-state index in [-0.39, 0.29) is 12.0 Å². The number of aryl methyl sites for hydroxylation is 1. The summed E-state index contributed by atoms with van der Waals surface area (Å²) in [6.07, 6.45) is 4.48. The predicted octanol–water partition coefficient (Wildman–Crippen LogP) is 1.17. The van der Waals surface area contributed by atoms with Crippen LogP contribution >= 0.6 is 0 Å². The van der Waals surface area contributed by atoms with Crippen molar-refractivity contribution in [3.05, 3.63) is 11.6 Å². The van der Waals surface area contributed by atoms with Crippen molar-refractivity contribution in [2.45, 2.75) is 50.7 Å². The fraction of sp³-hybridized carbons (Fsp3) is 0.765. The van der Waals surface area contributed by atoms with Crippen molar-refractivity contribution in [3.63, 3.8) is 0 Å². The van der Waals surface area contributed by atoms with Crippen LogP contribution < -0.4 is 0 Å². The van der Waals surface area contributed by atoms with Crippen molar-refractivity contribution in [2.24, 2.45) is 0 Å². The molecule has 8 heteroatoms. The SMILES string of the molecule is Cc1nc(C2CN(CC(=O)N(C)C3(C#N)CCCCC3)CCO2)n[nH]1. The predicted molar refractivity (Wildman–Crippen MR) is 90.5 cm³/mol. The number of carbonyl (C=O) groups excluding carboxylic acids is 1. The number of nitrogens with zero attached hydrogens (tertiary/aromatic N) is 5. The fourth-order valence-corrected chi connectivity index (χ4v) is 3.70. The van der Waals surface area contributed by atoms with Crippen molar-refractivity contribution in [2.75, 3.05) is 33.3 Å². The second kappa shape index (κ2) is 7.50. The number of aromatic nitrogens is 3. The third-order valence-electron chi connectivity index (χ3n) is 5.32. The maximum absolute atomic E-state index is 12.8. The maximum Gasteiger partial charge on any atom is 0.237 e. The Labute approximate surface area is 148 Å². The lowest BCUT2D eigenvalue weighted by Gasteiger charge is -2.40. The van der Waals surface area contributed by atoms with Gasteiger partial charge in [-0.15, -0.1) is 0 Å². The molecule has 1 aliphatic heterocycles. The number of rotatable bonds is 4. The van der Waals surface area contributed by atoms with Crippen molar-refractivity contribution in [3.8, 4) is 6.07 Å². The van der Waals surface area contributed by atoms with Crippen LogP contribution in [0.1, 0.15) is 49.9 Å². The molecule has 1 N–H and O–H groups in total. The molecule has 1 saturated heterocycles. The molecule has 1 aliphatic carbocycles. The number of morpholine rings is 1. The number of hydrogen-bond donors (Lipinski definition) is 1. The summed E-state index contributed by atoms with van der Waals surface area (Å²) in [6, 6.07) is 2.41. The molecule has 3 rings (SSSR count). The molecule has 1 aromatic rings. The van der Waals surface area contributed by atoms with E-state index in [2.05, 4.69) is 26.2 Å². The summed E-state index contributed by atoms with van der Waals surface area (Å²) in [5, 5.41) is 16.6. The highest BCUT2D eigenvalue weighted by Crippen LogP contribution is 2.32. The van der Waals surface area contributed by atoms with Gasteiger partial charge in [0, 0.05) is 20.1 Å². The van der Waals surface area contributed by atoms with Gasteiger partial charge >= 0.3 is 0 Å². The monoisotopic (exact) mass is 346 g/mol. The van der Waals surface area contributed by atoms with Crippen LogP contribution in [0.5, 0.6) is 0 Å². The molecular formula is C17H26N6O2. The second-order valence-corrected chi connectivity index (χ2v) is 7.03. The van der Waals surface area contributed by atoms with Gasteiger partial charge < -0.3 is 9.64 Å². The first kappa shape index (κ1) is 17.8. The van der Waals surface area contributed by atoms with Gasteiger partial charge in [-0.3, -0.25) is 14.8 Å². The molecule has 8 nitrogen and oxygen atoms in total. The van der Waals surface area contributed by atoms with Crippen LogP contribution in [0.15, 0.2) is 0 Å². The van der Waals surface area contributed by atoms with Gasteiger partial charge in [0.2, 0.25) is 5.91 Å². The fourth-order valence-electron chi connectivity index (χ4n) is 3.70. The number of aromatic amines is 1. The standard InChI is InChI=1S/C17H26N6O2/c1-13-19-16(21-20-13)14-10-23(8-9-25-14)11-15(24)22(2)17(12-18)6-4-3-5-7-17/h14H,3-11H2,1-2H3,(H,19,20,21). The number of ether oxygens (including phenoxy) is 1. The molecule has 1 unspecified atom stereocenters. The van der Waals surface area contributed by atoms with Crippen LogP contribution in [0.2, 0.25) is 0 Å². The topological polar surface area (TPSA) is 98.1 Å². The average Bonchev–Trinajstić information content (AvgIpc) is 3.08. The summed E-state index contributed by atoms with van der Waals surface area (Å²) >= 11 is 0. The van der Waals surface area contributed by atoms with E-state index in [1.54, 1.807) is 11.9 Å². The van der Waals surface area contributed by atoms with Gasteiger partial charge in [0.15, 0.2) is 5.82 Å². The van der Waals surface area contributed by atoms with E-state index < -0.39 is 5.54 Å². The quantitative estimate of drug-likeness (QED) is 0.879. The summed E-state index contributed by atoms with van der Waals surface area (Å²) in [7, 11) is 1.77. The van der Waals surface area contributed by atoms with Crippen LogP contribution in [0, 0.1) is 18.3 Å². The van der Waals surface area contributed by atoms with Gasteiger partial charge in [0.25, 0.3) is 0 Å². The van der Waals surface area contributed by atoms with Crippen LogP contribution in [-0.4, -0.2) is 69.7 Å². The molecular weight excluding hydrogens is 320 g/mol. The number of amides is 1. The normalized spacial score (nSPS) is 23.8. The lowest BCUT2D eigenvalue weighted by atomic mass is 9.81. The Hall–Kier alpha value is -1.98. The zero-order valence-electron chi connectivity index (χ0n) is 15.0. The van der Waals surface area contributed by atoms with Crippen molar-refractivity contribution >= 4 is 5.91 Å². The number of carbonyl (C=O) groups is 1. The van der Waals surface area contributed by atoms with E-state index in [1.165, 1.54) is 0 Å². The van der Waals surface area contributed by atoms with Gasteiger partial charge in [0.1, 0.15) is 17.5 Å². The summed E-state index contributed by atoms with van der Waals surface area (Å²) in [4.78, 5) is 20.8. The Morgan fingerprint density at radius 3 is 2.88 bits per heavy atom. The molecule has 2 heterocycles. The lowest BCUT2D eigenvalue weighted by molar-refractivity contribution is -0.138. The minimum atomic E-state index is -0.637. The molecule has 0 aromatic carbocycles. The van der Waals surface area contributed by atoms with Gasteiger partial charge in [-0.2, -0.15) is 10.4 Å². The van der Waals surface area contributed by atoms with Crippen LogP contribution in [0.4, 0.5) is 0 Å². The highest BCUT2D eigenvalue weighted by Gasteiger charge is 2.39. The molecule has 25 heavy (non-hydrogen) atoms. The van der Waals surface area contributed by atoms with Gasteiger partial charge in [-0.25, -0.2) is 4.98 Å². The molecule has 1 saturated carbocycles. The summed E-state index contributed by atoms with van der Waals surface area (Å²) < 4.78 is 5.74. The number of H-pyrrole nitrogens is 1. The van der Waals surface area contributed by atoms with Gasteiger partial charge in [-0.05, 0) is 19.8 Å². The van der Waals surface area contributed by atoms with E-state index in [1.807, 2.05) is 6.92 Å². The Bertz CT molecular complexity index is 646. The zero-order chi connectivity index (χ0) is 17.9. The average molecular weight is 346 g/mol. The first-order valence-corrected chi connectivity index (χ1v) is 8.95. The van der Waals surface area contributed by atoms with Crippen LogP contribution in [-0.2, 0) is 9.53 Å². The number of likely N-dealkylation sites (N-methyl/N-ethyl adjacent to an activating group) is 1. The van der Waals surface area contributed by atoms with Crippen molar-refractivity contribution < 1.29 is 9.53 Å². The van der Waals surface area contributed by atoms with E-state index in [4.69, 9.17) is 4.74 Å². The van der Waals surface area contributed by atoms with E-state index in [0.29, 0.717) is 32.1 Å². The first-order valence-electron chi connectivity index (χ1n) is 8.95. The molecule has 2 fully saturated rings. The van der Waals surface area contributed by atoms with E-state index in [9.17, 15) is 10.1 Å². The van der Waals surface area contributed by atoms with Gasteiger partial charge in [0.05, 0.1) is 19.2 Å². The summed E-state index contributed by atoms with van der Waals surface area (Å²) in [6.45, 7) is 3.96. The molecule has 2 aliphatic rings. The minimum absolute atomic E-state index is 0.00438. The van der Waals surface area contributed by atoms with Crippen molar-refractivity contribution in [1.29, 1.82) is 5.26 Å². The Kier molecular flexibility index (Phi) is 5.35. The summed E-state index contributed by atoms with van der Waals surface area (Å²) in [5.41, 5.74) is -0.637. The van der Waals surface area contributed by atoms with E-state index >= 15 is 0 Å². The molecule has 136 valence electrons. The van der Waals surface area contributed by atoms with Crippen LogP contribution in [0.25, 0.3) is 0 Å². The van der Waals surface area contributed by atoms with Crippen molar-refractivity contribution in [1.82, 2.24) is 25.0 Å². The number of nitriles is 1. The first-order chi connectivity index (χ1) is 12.0. The molecule has 1 amide bonds. The third kappa shape index (κ3) is 3.83. The maximum atomic E-state index is 12.8. The summed E-state index contributed by atoms with van der Waals surface area (Å²) in [5.74, 6) is 1.37. The Balaban J connectivity index is 1.61. The zero-order valence-corrected chi connectivity index (χ0v) is 15.0. The molecule has 0 bridgehead atoms. The third-order valence-corrected chi connectivity index (χ3v) is 5.32. The van der Waals surface area contributed by atoms with Crippen LogP contribution in [0.3, 0.4) is 0 Å². The van der Waals surface area contributed by atoms with Gasteiger partial charge in [-0.1, -0.05) is 19.3 Å². The minimum Gasteiger partial charge on any atom is -0.367 e. The molecule has 0 spiro atoms. The Morgan fingerprint density at radius 1 is 1.48 bits per heavy atom. The second-order valence-electron chi connectivity index (χ2n) is 7.03. The number of nitrogens with one attached hydrogen (secondary N) is 1. The highest BCUT2D eigenvalue weighted by atomic mass is 16.5. The molecule has 0 radical (unpaired) electrons. The molecule has 1 aromatic heterocycles. The largest absolute Gasteiger partial charge is 0.367 e. The molecule has 1 atom stereocenters. The number of hydrogen-bond acceptors (Lipinski definition) is 6.